The molecular weight excluding hydrogens is 365 g/mol. The normalized spacial score (nSPS) is 23.2. The van der Waals surface area contributed by atoms with E-state index in [1.165, 1.54) is 6.20 Å². The molecule has 2 atom stereocenters. The van der Waals surface area contributed by atoms with Crippen molar-refractivity contribution in [1.29, 1.82) is 0 Å². The Hall–Kier alpha value is -3.13. The summed E-state index contributed by atoms with van der Waals surface area (Å²) in [7, 11) is 0. The number of pyridine rings is 1. The molecule has 28 heavy (non-hydrogen) atoms. The Bertz CT molecular complexity index is 1090. The van der Waals surface area contributed by atoms with Crippen molar-refractivity contribution in [2.24, 2.45) is 11.7 Å². The molecule has 0 amide bonds. The molecule has 4 rings (SSSR count). The number of allylic oxidation sites excluding steroid dienone is 2. The Balaban J connectivity index is 1.83. The van der Waals surface area contributed by atoms with Crippen LogP contribution in [-0.4, -0.2) is 34.5 Å². The van der Waals surface area contributed by atoms with Crippen LogP contribution in [-0.2, 0) is 6.54 Å². The maximum Gasteiger partial charge on any atom is 0.511 e. The molecule has 2 unspecified atom stereocenters. The SMILES string of the molecule is CCn1cc(OC(=O)O)c(=O)c2cc(F)c(N3CC4C=CC=CC4(N)C3)cc21. The highest BCUT2D eigenvalue weighted by Crippen LogP contribution is 2.36. The van der Waals surface area contributed by atoms with E-state index in [9.17, 15) is 14.0 Å². The van der Waals surface area contributed by atoms with Crippen molar-refractivity contribution in [2.45, 2.75) is 19.0 Å². The van der Waals surface area contributed by atoms with Crippen molar-refractivity contribution in [2.75, 3.05) is 18.0 Å². The van der Waals surface area contributed by atoms with Crippen molar-refractivity contribution in [3.8, 4) is 5.75 Å². The van der Waals surface area contributed by atoms with Gasteiger partial charge in [0.2, 0.25) is 5.43 Å². The first-order chi connectivity index (χ1) is 13.3. The Morgan fingerprint density at radius 1 is 1.43 bits per heavy atom. The number of benzene rings is 1. The zero-order valence-electron chi connectivity index (χ0n) is 15.3. The third-order valence-corrected chi connectivity index (χ3v) is 5.43. The van der Waals surface area contributed by atoms with Crippen LogP contribution >= 0.6 is 0 Å². The van der Waals surface area contributed by atoms with E-state index in [4.69, 9.17) is 10.8 Å². The molecule has 1 aliphatic heterocycles. The number of nitrogens with zero attached hydrogens (tertiary/aromatic N) is 2. The van der Waals surface area contributed by atoms with E-state index in [2.05, 4.69) is 4.74 Å². The van der Waals surface area contributed by atoms with Crippen molar-refractivity contribution in [3.63, 3.8) is 0 Å². The second-order valence-electron chi connectivity index (χ2n) is 7.14. The van der Waals surface area contributed by atoms with Crippen LogP contribution in [0.5, 0.6) is 5.75 Å². The van der Waals surface area contributed by atoms with E-state index in [-0.39, 0.29) is 17.1 Å². The third kappa shape index (κ3) is 2.86. The average Bonchev–Trinajstić information content (AvgIpc) is 3.00. The van der Waals surface area contributed by atoms with Crippen LogP contribution in [0.25, 0.3) is 10.9 Å². The van der Waals surface area contributed by atoms with Crippen LogP contribution in [0.1, 0.15) is 6.92 Å². The molecule has 0 saturated carbocycles. The van der Waals surface area contributed by atoms with Gasteiger partial charge in [0, 0.05) is 25.6 Å². The second-order valence-corrected chi connectivity index (χ2v) is 7.14. The fourth-order valence-electron chi connectivity index (χ4n) is 4.00. The van der Waals surface area contributed by atoms with Crippen molar-refractivity contribution in [1.82, 2.24) is 4.57 Å². The van der Waals surface area contributed by atoms with Gasteiger partial charge >= 0.3 is 6.16 Å². The first-order valence-electron chi connectivity index (χ1n) is 8.99. The van der Waals surface area contributed by atoms with E-state index >= 15 is 0 Å². The molecule has 7 nitrogen and oxygen atoms in total. The number of anilines is 1. The molecule has 2 aromatic rings. The standard InChI is InChI=1S/C20H20FN3O4/c1-2-23-10-17(28-19(26)27)18(25)13-7-14(21)16(8-15(13)23)24-9-12-5-3-4-6-20(12,22)11-24/h3-8,10,12H,2,9,11,22H2,1H3,(H,26,27). The predicted molar refractivity (Wildman–Crippen MR) is 103 cm³/mol. The van der Waals surface area contributed by atoms with Crippen molar-refractivity contribution >= 4 is 22.7 Å². The number of hydrogen-bond acceptors (Lipinski definition) is 5. The maximum atomic E-state index is 15.0. The number of fused-ring (bicyclic) bond motifs is 2. The number of aromatic nitrogens is 1. The third-order valence-electron chi connectivity index (χ3n) is 5.43. The zero-order valence-corrected chi connectivity index (χ0v) is 15.3. The largest absolute Gasteiger partial charge is 0.511 e. The van der Waals surface area contributed by atoms with Crippen LogP contribution < -0.4 is 20.8 Å². The fraction of sp³-hybridized carbons (Fsp3) is 0.300. The molecule has 1 aromatic heterocycles. The highest BCUT2D eigenvalue weighted by Gasteiger charge is 2.42. The molecule has 1 aliphatic carbocycles. The lowest BCUT2D eigenvalue weighted by atomic mass is 9.85. The van der Waals surface area contributed by atoms with Gasteiger partial charge in [-0.1, -0.05) is 24.3 Å². The van der Waals surface area contributed by atoms with Crippen LogP contribution in [0.15, 0.2) is 47.4 Å². The molecule has 146 valence electrons. The van der Waals surface area contributed by atoms with Gasteiger partial charge in [-0.15, -0.1) is 0 Å². The van der Waals surface area contributed by atoms with Gasteiger partial charge in [-0.3, -0.25) is 4.79 Å². The lowest BCUT2D eigenvalue weighted by Crippen LogP contribution is -2.46. The highest BCUT2D eigenvalue weighted by molar-refractivity contribution is 5.85. The number of rotatable bonds is 3. The molecule has 1 saturated heterocycles. The summed E-state index contributed by atoms with van der Waals surface area (Å²) in [4.78, 5) is 25.3. The number of carboxylic acid groups (broad SMARTS) is 1. The van der Waals surface area contributed by atoms with E-state index in [0.717, 1.165) is 6.07 Å². The van der Waals surface area contributed by atoms with Gasteiger partial charge in [-0.25, -0.2) is 9.18 Å². The zero-order chi connectivity index (χ0) is 20.1. The minimum Gasteiger partial charge on any atom is -0.449 e. The summed E-state index contributed by atoms with van der Waals surface area (Å²) in [5.74, 6) is -0.834. The Labute approximate surface area is 160 Å². The summed E-state index contributed by atoms with van der Waals surface area (Å²) in [6.45, 7) is 3.31. The number of hydrogen-bond donors (Lipinski definition) is 2. The summed E-state index contributed by atoms with van der Waals surface area (Å²) in [6.07, 6.45) is 7.54. The average molecular weight is 385 g/mol. The second kappa shape index (κ2) is 6.49. The van der Waals surface area contributed by atoms with Gasteiger partial charge in [0.05, 0.1) is 28.3 Å². The van der Waals surface area contributed by atoms with Gasteiger partial charge in [-0.05, 0) is 19.1 Å². The van der Waals surface area contributed by atoms with Gasteiger partial charge in [-0.2, -0.15) is 0 Å². The number of nitrogens with two attached hydrogens (primary N) is 1. The molecule has 3 N–H and O–H groups in total. The highest BCUT2D eigenvalue weighted by atomic mass is 19.1. The summed E-state index contributed by atoms with van der Waals surface area (Å²) < 4.78 is 21.2. The monoisotopic (exact) mass is 385 g/mol. The molecule has 0 spiro atoms. The smallest absolute Gasteiger partial charge is 0.449 e. The van der Waals surface area contributed by atoms with E-state index in [1.807, 2.05) is 36.1 Å². The topological polar surface area (TPSA) is 97.8 Å². The Kier molecular flexibility index (Phi) is 4.23. The van der Waals surface area contributed by atoms with Gasteiger partial charge in [0.25, 0.3) is 0 Å². The number of halogens is 1. The summed E-state index contributed by atoms with van der Waals surface area (Å²) in [5, 5.41) is 8.89. The summed E-state index contributed by atoms with van der Waals surface area (Å²) in [6, 6.07) is 2.76. The molecule has 0 bridgehead atoms. The fourth-order valence-corrected chi connectivity index (χ4v) is 4.00. The number of aryl methyl sites for hydroxylation is 1. The van der Waals surface area contributed by atoms with Crippen molar-refractivity contribution in [3.05, 3.63) is 58.7 Å². The van der Waals surface area contributed by atoms with Gasteiger partial charge < -0.3 is 25.0 Å². The van der Waals surface area contributed by atoms with Gasteiger partial charge in [0.1, 0.15) is 5.82 Å². The van der Waals surface area contributed by atoms with E-state index < -0.39 is 22.9 Å². The van der Waals surface area contributed by atoms with Crippen LogP contribution in [0.3, 0.4) is 0 Å². The number of carbonyl (C=O) groups is 1. The quantitative estimate of drug-likeness (QED) is 0.788. The molecule has 2 aliphatic rings. The first kappa shape index (κ1) is 18.2. The Morgan fingerprint density at radius 3 is 2.89 bits per heavy atom. The van der Waals surface area contributed by atoms with E-state index in [1.54, 1.807) is 10.6 Å². The lowest BCUT2D eigenvalue weighted by molar-refractivity contribution is 0.144. The minimum atomic E-state index is -1.59. The molecule has 2 heterocycles. The summed E-state index contributed by atoms with van der Waals surface area (Å²) >= 11 is 0. The molecule has 8 heteroatoms. The maximum absolute atomic E-state index is 15.0. The molecular formula is C20H20FN3O4. The van der Waals surface area contributed by atoms with Crippen molar-refractivity contribution < 1.29 is 19.0 Å². The van der Waals surface area contributed by atoms with Crippen LogP contribution in [0, 0.1) is 11.7 Å². The number of ether oxygens (including phenoxy) is 1. The predicted octanol–water partition coefficient (Wildman–Crippen LogP) is 2.48. The van der Waals surface area contributed by atoms with Crippen LogP contribution in [0.2, 0.25) is 0 Å². The molecule has 0 radical (unpaired) electrons. The van der Waals surface area contributed by atoms with Crippen LogP contribution in [0.4, 0.5) is 14.9 Å². The molecule has 1 aromatic carbocycles. The summed E-state index contributed by atoms with van der Waals surface area (Å²) in [5.41, 5.74) is 6.12. The first-order valence-corrected chi connectivity index (χ1v) is 8.99. The van der Waals surface area contributed by atoms with Gasteiger partial charge in [0.15, 0.2) is 5.75 Å². The lowest BCUT2D eigenvalue weighted by Gasteiger charge is -2.26. The minimum absolute atomic E-state index is 0.0701. The van der Waals surface area contributed by atoms with E-state index in [0.29, 0.717) is 30.8 Å². The molecule has 1 fully saturated rings. The Morgan fingerprint density at radius 2 is 2.21 bits per heavy atom.